The molecule has 0 saturated carbocycles. The van der Waals surface area contributed by atoms with Crippen molar-refractivity contribution >= 4 is 33.5 Å². The second-order valence-electron chi connectivity index (χ2n) is 5.65. The first-order valence-corrected chi connectivity index (χ1v) is 8.23. The molecule has 0 radical (unpaired) electrons. The number of aromatic hydroxyl groups is 1. The fourth-order valence-electron chi connectivity index (χ4n) is 2.35. The Hall–Kier alpha value is -1.93. The van der Waals surface area contributed by atoms with E-state index in [-0.39, 0.29) is 39.6 Å². The normalized spacial score (nSPS) is 14.4. The van der Waals surface area contributed by atoms with E-state index >= 15 is 0 Å². The number of ether oxygens (including phenoxy) is 1. The third kappa shape index (κ3) is 4.12. The zero-order valence-electron chi connectivity index (χ0n) is 13.5. The third-order valence-corrected chi connectivity index (χ3v) is 4.30. The lowest BCUT2D eigenvalue weighted by Crippen LogP contribution is -2.41. The number of rotatable bonds is 4. The topological polar surface area (TPSA) is 87.2 Å². The minimum atomic E-state index is -0.530. The van der Waals surface area contributed by atoms with Gasteiger partial charge >= 0.3 is 0 Å². The van der Waals surface area contributed by atoms with Gasteiger partial charge in [-0.2, -0.15) is 0 Å². The molecule has 7 nitrogen and oxygen atoms in total. The summed E-state index contributed by atoms with van der Waals surface area (Å²) in [7, 11) is 3.18. The van der Waals surface area contributed by atoms with Gasteiger partial charge in [0.2, 0.25) is 5.91 Å². The molecule has 1 aromatic rings. The summed E-state index contributed by atoms with van der Waals surface area (Å²) in [6.07, 6.45) is -0.361. The number of hydrogen-bond donors (Lipinski definition) is 1. The van der Waals surface area contributed by atoms with Crippen LogP contribution in [0, 0.1) is 0 Å². The van der Waals surface area contributed by atoms with Crippen molar-refractivity contribution in [1.82, 2.24) is 9.80 Å². The first kappa shape index (κ1) is 18.4. The van der Waals surface area contributed by atoms with Gasteiger partial charge in [-0.3, -0.25) is 14.4 Å². The summed E-state index contributed by atoms with van der Waals surface area (Å²) in [5, 5.41) is 10.1. The first-order valence-electron chi connectivity index (χ1n) is 7.44. The van der Waals surface area contributed by atoms with Crippen LogP contribution in [0.1, 0.15) is 27.1 Å². The molecule has 0 aromatic heterocycles. The molecule has 24 heavy (non-hydrogen) atoms. The van der Waals surface area contributed by atoms with Crippen molar-refractivity contribution in [3.8, 4) is 5.75 Å². The molecule has 0 bridgehead atoms. The monoisotopic (exact) mass is 398 g/mol. The van der Waals surface area contributed by atoms with Crippen molar-refractivity contribution < 1.29 is 24.2 Å². The van der Waals surface area contributed by atoms with Crippen LogP contribution in [0.2, 0.25) is 0 Å². The van der Waals surface area contributed by atoms with Crippen LogP contribution in [-0.4, -0.2) is 72.9 Å². The van der Waals surface area contributed by atoms with Gasteiger partial charge in [-0.05, 0) is 28.1 Å². The highest BCUT2D eigenvalue weighted by atomic mass is 79.9. The Kier molecular flexibility index (Phi) is 5.95. The summed E-state index contributed by atoms with van der Waals surface area (Å²) in [5.74, 6) is -1.42. The quantitative estimate of drug-likeness (QED) is 0.609. The van der Waals surface area contributed by atoms with E-state index in [9.17, 15) is 19.5 Å². The van der Waals surface area contributed by atoms with Gasteiger partial charge in [0.1, 0.15) is 5.75 Å². The second-order valence-corrected chi connectivity index (χ2v) is 6.50. The van der Waals surface area contributed by atoms with E-state index in [1.54, 1.807) is 19.0 Å². The molecule has 2 rings (SSSR count). The maximum absolute atomic E-state index is 12.4. The number of amides is 2. The number of phenols is 1. The van der Waals surface area contributed by atoms with Crippen LogP contribution in [0.3, 0.4) is 0 Å². The summed E-state index contributed by atoms with van der Waals surface area (Å²) in [4.78, 5) is 39.6. The number of carbonyl (C=O) groups excluding carboxylic acids is 3. The lowest BCUT2D eigenvalue weighted by Gasteiger charge is -2.26. The Balaban J connectivity index is 2.21. The van der Waals surface area contributed by atoms with E-state index in [1.165, 1.54) is 17.0 Å². The van der Waals surface area contributed by atoms with Crippen LogP contribution in [-0.2, 0) is 9.53 Å². The predicted octanol–water partition coefficient (Wildman–Crippen LogP) is 1.29. The molecule has 0 aliphatic carbocycles. The SMILES string of the molecule is CN(C)C(=O)c1cc(Br)c(O)c(C(=O)CC(=O)N2CCOCC2)c1. The van der Waals surface area contributed by atoms with Crippen LogP contribution >= 0.6 is 15.9 Å². The maximum atomic E-state index is 12.4. The van der Waals surface area contributed by atoms with Crippen molar-refractivity contribution in [1.29, 1.82) is 0 Å². The average molecular weight is 399 g/mol. The molecule has 0 spiro atoms. The standard InChI is InChI=1S/C16H19BrN2O5/c1-18(2)16(23)10-7-11(15(22)12(17)8-10)13(20)9-14(21)19-3-5-24-6-4-19/h7-8,22H,3-6,9H2,1-2H3. The molecule has 130 valence electrons. The summed E-state index contributed by atoms with van der Waals surface area (Å²) in [6.45, 7) is 1.79. The van der Waals surface area contributed by atoms with Crippen LogP contribution in [0.25, 0.3) is 0 Å². The van der Waals surface area contributed by atoms with E-state index in [1.807, 2.05) is 0 Å². The third-order valence-electron chi connectivity index (χ3n) is 3.69. The average Bonchev–Trinajstić information content (AvgIpc) is 2.56. The van der Waals surface area contributed by atoms with Crippen LogP contribution < -0.4 is 0 Å². The zero-order chi connectivity index (χ0) is 17.9. The van der Waals surface area contributed by atoms with Gasteiger partial charge in [0.05, 0.1) is 29.7 Å². The van der Waals surface area contributed by atoms with Gasteiger partial charge in [0, 0.05) is 32.7 Å². The number of halogens is 1. The Morgan fingerprint density at radius 2 is 1.88 bits per heavy atom. The van der Waals surface area contributed by atoms with Gasteiger partial charge in [-0.1, -0.05) is 0 Å². The molecular formula is C16H19BrN2O5. The summed E-state index contributed by atoms with van der Waals surface area (Å²) in [6, 6.07) is 2.76. The van der Waals surface area contributed by atoms with Crippen molar-refractivity contribution in [3.05, 3.63) is 27.7 Å². The van der Waals surface area contributed by atoms with Crippen molar-refractivity contribution in [3.63, 3.8) is 0 Å². The Bertz CT molecular complexity index is 669. The minimum absolute atomic E-state index is 0.0452. The predicted molar refractivity (Wildman–Crippen MR) is 90.2 cm³/mol. The summed E-state index contributed by atoms with van der Waals surface area (Å²) < 4.78 is 5.41. The zero-order valence-corrected chi connectivity index (χ0v) is 15.1. The lowest BCUT2D eigenvalue weighted by molar-refractivity contribution is -0.134. The maximum Gasteiger partial charge on any atom is 0.253 e. The number of phenolic OH excluding ortho intramolecular Hbond substituents is 1. The number of nitrogens with zero attached hydrogens (tertiary/aromatic N) is 2. The van der Waals surface area contributed by atoms with Gasteiger partial charge in [-0.25, -0.2) is 0 Å². The van der Waals surface area contributed by atoms with Gasteiger partial charge in [0.15, 0.2) is 5.78 Å². The van der Waals surface area contributed by atoms with Gasteiger partial charge in [0.25, 0.3) is 5.91 Å². The molecular weight excluding hydrogens is 380 g/mol. The molecule has 1 N–H and O–H groups in total. The number of benzene rings is 1. The van der Waals surface area contributed by atoms with Crippen molar-refractivity contribution in [2.24, 2.45) is 0 Å². The highest BCUT2D eigenvalue weighted by Crippen LogP contribution is 2.31. The van der Waals surface area contributed by atoms with Gasteiger partial charge < -0.3 is 19.6 Å². The van der Waals surface area contributed by atoms with Crippen LogP contribution in [0.15, 0.2) is 16.6 Å². The number of ketones is 1. The molecule has 1 saturated heterocycles. The Morgan fingerprint density at radius 3 is 2.46 bits per heavy atom. The molecule has 1 aliphatic rings. The number of hydrogen-bond acceptors (Lipinski definition) is 5. The van der Waals surface area contributed by atoms with E-state index in [0.29, 0.717) is 26.3 Å². The van der Waals surface area contributed by atoms with E-state index < -0.39 is 5.78 Å². The second kappa shape index (κ2) is 7.76. The van der Waals surface area contributed by atoms with E-state index in [4.69, 9.17) is 4.74 Å². The van der Waals surface area contributed by atoms with E-state index in [0.717, 1.165) is 0 Å². The highest BCUT2D eigenvalue weighted by Gasteiger charge is 2.24. The van der Waals surface area contributed by atoms with Crippen LogP contribution in [0.5, 0.6) is 5.75 Å². The number of morpholine rings is 1. The van der Waals surface area contributed by atoms with Gasteiger partial charge in [-0.15, -0.1) is 0 Å². The number of Topliss-reactive ketones (excluding diaryl/α,β-unsaturated/α-hetero) is 1. The summed E-state index contributed by atoms with van der Waals surface area (Å²) >= 11 is 3.14. The fourth-order valence-corrected chi connectivity index (χ4v) is 2.81. The molecule has 0 atom stereocenters. The van der Waals surface area contributed by atoms with Crippen molar-refractivity contribution in [2.45, 2.75) is 6.42 Å². The molecule has 1 heterocycles. The Labute approximate surface area is 148 Å². The lowest BCUT2D eigenvalue weighted by atomic mass is 10.0. The summed E-state index contributed by atoms with van der Waals surface area (Å²) in [5.41, 5.74) is 0.211. The fraction of sp³-hybridized carbons (Fsp3) is 0.438. The largest absolute Gasteiger partial charge is 0.506 e. The highest BCUT2D eigenvalue weighted by molar-refractivity contribution is 9.10. The number of carbonyl (C=O) groups is 3. The molecule has 2 amide bonds. The molecule has 1 fully saturated rings. The smallest absolute Gasteiger partial charge is 0.253 e. The molecule has 8 heteroatoms. The minimum Gasteiger partial charge on any atom is -0.506 e. The molecule has 1 aromatic carbocycles. The molecule has 0 unspecified atom stereocenters. The van der Waals surface area contributed by atoms with Crippen LogP contribution in [0.4, 0.5) is 0 Å². The van der Waals surface area contributed by atoms with E-state index in [2.05, 4.69) is 15.9 Å². The Morgan fingerprint density at radius 1 is 1.25 bits per heavy atom. The van der Waals surface area contributed by atoms with Crippen molar-refractivity contribution in [2.75, 3.05) is 40.4 Å². The molecule has 1 aliphatic heterocycles. The first-order chi connectivity index (χ1) is 11.3.